The van der Waals surface area contributed by atoms with E-state index in [2.05, 4.69) is 5.32 Å². The molecule has 0 radical (unpaired) electrons. The summed E-state index contributed by atoms with van der Waals surface area (Å²) in [6, 6.07) is 1.17. The molecule has 2 atom stereocenters. The van der Waals surface area contributed by atoms with E-state index in [0.717, 1.165) is 6.07 Å². The summed E-state index contributed by atoms with van der Waals surface area (Å²) in [5.74, 6) is -4.64. The summed E-state index contributed by atoms with van der Waals surface area (Å²) in [6.07, 6.45) is -1.06. The van der Waals surface area contributed by atoms with Crippen LogP contribution >= 0.6 is 0 Å². The molecule has 1 aromatic rings. The van der Waals surface area contributed by atoms with Crippen LogP contribution in [0.2, 0.25) is 0 Å². The number of hydrogen-bond acceptors (Lipinski definition) is 4. The molecule has 0 fully saturated rings. The fraction of sp³-hybridized carbons (Fsp3) is 0.333. The Morgan fingerprint density at radius 2 is 1.60 bits per heavy atom. The molecule has 1 aromatic carbocycles. The van der Waals surface area contributed by atoms with Crippen LogP contribution in [0.4, 0.5) is 9.18 Å². The minimum Gasteiger partial charge on any atom is -0.481 e. The fourth-order valence-electron chi connectivity index (χ4n) is 1.98. The van der Waals surface area contributed by atoms with Gasteiger partial charge in [-0.2, -0.15) is 0 Å². The fourth-order valence-corrected chi connectivity index (χ4v) is 1.98. The first-order chi connectivity index (χ1) is 11.7. The van der Waals surface area contributed by atoms with Crippen molar-refractivity contribution in [2.45, 2.75) is 31.3 Å². The lowest BCUT2D eigenvalue weighted by Crippen LogP contribution is -2.51. The van der Waals surface area contributed by atoms with Gasteiger partial charge in [0.25, 0.3) is 0 Å². The van der Waals surface area contributed by atoms with E-state index in [1.165, 1.54) is 18.2 Å². The minimum absolute atomic E-state index is 0.215. The number of halogens is 1. The molecule has 0 aliphatic rings. The summed E-state index contributed by atoms with van der Waals surface area (Å²) in [5, 5.41) is 30.7. The Kier molecular flexibility index (Phi) is 7.32. The van der Waals surface area contributed by atoms with Gasteiger partial charge in [-0.25, -0.2) is 18.8 Å². The second kappa shape index (κ2) is 9.21. The number of benzene rings is 1. The van der Waals surface area contributed by atoms with Gasteiger partial charge in [-0.05, 0) is 24.1 Å². The molecule has 0 aromatic heterocycles. The van der Waals surface area contributed by atoms with Crippen LogP contribution < -0.4 is 10.6 Å². The van der Waals surface area contributed by atoms with Crippen LogP contribution in [0.3, 0.4) is 0 Å². The lowest BCUT2D eigenvalue weighted by Gasteiger charge is -2.18. The van der Waals surface area contributed by atoms with Gasteiger partial charge in [-0.1, -0.05) is 12.1 Å². The van der Waals surface area contributed by atoms with E-state index in [9.17, 15) is 23.6 Å². The summed E-state index contributed by atoms with van der Waals surface area (Å²) in [4.78, 5) is 44.5. The molecule has 0 aliphatic heterocycles. The van der Waals surface area contributed by atoms with Crippen LogP contribution in [0.1, 0.15) is 18.4 Å². The summed E-state index contributed by atoms with van der Waals surface area (Å²) in [5.41, 5.74) is 0.327. The van der Waals surface area contributed by atoms with E-state index < -0.39 is 48.3 Å². The van der Waals surface area contributed by atoms with Crippen molar-refractivity contribution in [3.63, 3.8) is 0 Å². The SMILES string of the molecule is O=C(O)CCC(NC(=O)NC(Cc1cccc(F)c1)C(=O)O)C(=O)O. The first-order valence-electron chi connectivity index (χ1n) is 7.18. The topological polar surface area (TPSA) is 153 Å². The van der Waals surface area contributed by atoms with Crippen LogP contribution in [0.25, 0.3) is 0 Å². The van der Waals surface area contributed by atoms with E-state index in [-0.39, 0.29) is 12.8 Å². The second-order valence-electron chi connectivity index (χ2n) is 5.17. The smallest absolute Gasteiger partial charge is 0.326 e. The zero-order chi connectivity index (χ0) is 19.0. The maximum Gasteiger partial charge on any atom is 0.326 e. The first kappa shape index (κ1) is 19.9. The van der Waals surface area contributed by atoms with Crippen molar-refractivity contribution in [1.29, 1.82) is 0 Å². The maximum atomic E-state index is 13.1. The zero-order valence-corrected chi connectivity index (χ0v) is 12.9. The maximum absolute atomic E-state index is 13.1. The van der Waals surface area contributed by atoms with Gasteiger partial charge >= 0.3 is 23.9 Å². The Morgan fingerprint density at radius 1 is 1.00 bits per heavy atom. The Hall–Kier alpha value is -3.17. The number of aliphatic carboxylic acids is 3. The molecule has 0 saturated heterocycles. The van der Waals surface area contributed by atoms with Crippen molar-refractivity contribution in [2.75, 3.05) is 0 Å². The molecule has 0 heterocycles. The highest BCUT2D eigenvalue weighted by molar-refractivity contribution is 5.86. The molecule has 5 N–H and O–H groups in total. The normalized spacial score (nSPS) is 12.7. The van der Waals surface area contributed by atoms with E-state index in [4.69, 9.17) is 15.3 Å². The predicted octanol–water partition coefficient (Wildman–Crippen LogP) is 0.439. The molecule has 2 unspecified atom stereocenters. The molecule has 0 spiro atoms. The number of hydrogen-bond donors (Lipinski definition) is 5. The van der Waals surface area contributed by atoms with Crippen molar-refractivity contribution in [3.8, 4) is 0 Å². The van der Waals surface area contributed by atoms with Crippen LogP contribution in [0.15, 0.2) is 24.3 Å². The summed E-state index contributed by atoms with van der Waals surface area (Å²) >= 11 is 0. The molecule has 1 rings (SSSR count). The molecule has 0 saturated carbocycles. The number of amides is 2. The number of nitrogens with one attached hydrogen (secondary N) is 2. The largest absolute Gasteiger partial charge is 0.481 e. The van der Waals surface area contributed by atoms with E-state index in [0.29, 0.717) is 5.56 Å². The molecule has 0 aliphatic carbocycles. The lowest BCUT2D eigenvalue weighted by molar-refractivity contribution is -0.140. The molecular weight excluding hydrogens is 339 g/mol. The average molecular weight is 356 g/mol. The number of carbonyl (C=O) groups is 4. The minimum atomic E-state index is -1.49. The van der Waals surface area contributed by atoms with Crippen LogP contribution in [0.5, 0.6) is 0 Å². The van der Waals surface area contributed by atoms with Gasteiger partial charge in [0.05, 0.1) is 0 Å². The van der Waals surface area contributed by atoms with E-state index in [1.54, 1.807) is 0 Å². The second-order valence-corrected chi connectivity index (χ2v) is 5.17. The van der Waals surface area contributed by atoms with Crippen LogP contribution in [-0.2, 0) is 20.8 Å². The van der Waals surface area contributed by atoms with Gasteiger partial charge in [-0.15, -0.1) is 0 Å². The number of carbonyl (C=O) groups excluding carboxylic acids is 1. The van der Waals surface area contributed by atoms with Crippen molar-refractivity contribution < 1.29 is 38.9 Å². The summed E-state index contributed by atoms with van der Waals surface area (Å²) in [7, 11) is 0. The number of urea groups is 1. The van der Waals surface area contributed by atoms with Crippen molar-refractivity contribution in [1.82, 2.24) is 10.6 Å². The van der Waals surface area contributed by atoms with Crippen molar-refractivity contribution in [2.24, 2.45) is 0 Å². The highest BCUT2D eigenvalue weighted by Gasteiger charge is 2.25. The van der Waals surface area contributed by atoms with Crippen LogP contribution in [0, 0.1) is 5.82 Å². The first-order valence-corrected chi connectivity index (χ1v) is 7.18. The summed E-state index contributed by atoms with van der Waals surface area (Å²) < 4.78 is 13.1. The third-order valence-corrected chi connectivity index (χ3v) is 3.18. The summed E-state index contributed by atoms with van der Waals surface area (Å²) in [6.45, 7) is 0. The Bertz CT molecular complexity index is 665. The molecule has 25 heavy (non-hydrogen) atoms. The Labute approximate surface area is 141 Å². The highest BCUT2D eigenvalue weighted by Crippen LogP contribution is 2.07. The molecular formula is C15H17FN2O7. The number of carboxylic acid groups (broad SMARTS) is 3. The van der Waals surface area contributed by atoms with E-state index >= 15 is 0 Å². The quantitative estimate of drug-likeness (QED) is 0.430. The Morgan fingerprint density at radius 3 is 2.12 bits per heavy atom. The molecule has 9 nitrogen and oxygen atoms in total. The van der Waals surface area contributed by atoms with Crippen molar-refractivity contribution in [3.05, 3.63) is 35.6 Å². The van der Waals surface area contributed by atoms with Gasteiger partial charge in [-0.3, -0.25) is 4.79 Å². The molecule has 136 valence electrons. The molecule has 2 amide bonds. The zero-order valence-electron chi connectivity index (χ0n) is 12.9. The third-order valence-electron chi connectivity index (χ3n) is 3.18. The van der Waals surface area contributed by atoms with Gasteiger partial charge in [0.1, 0.15) is 17.9 Å². The van der Waals surface area contributed by atoms with Crippen LogP contribution in [-0.4, -0.2) is 51.3 Å². The number of carboxylic acids is 3. The van der Waals surface area contributed by atoms with Gasteiger partial charge in [0, 0.05) is 12.8 Å². The average Bonchev–Trinajstić information content (AvgIpc) is 2.50. The van der Waals surface area contributed by atoms with Gasteiger partial charge in [0.2, 0.25) is 0 Å². The number of rotatable bonds is 9. The monoisotopic (exact) mass is 356 g/mol. The standard InChI is InChI=1S/C15H17FN2O7/c16-9-3-1-2-8(6-9)7-11(14(23)24)18-15(25)17-10(13(21)22)4-5-12(19)20/h1-3,6,10-11H,4-5,7H2,(H,19,20)(H,21,22)(H,23,24)(H2,17,18,25). The lowest BCUT2D eigenvalue weighted by atomic mass is 10.1. The third kappa shape index (κ3) is 7.29. The molecule has 10 heteroatoms. The van der Waals surface area contributed by atoms with Gasteiger partial charge < -0.3 is 26.0 Å². The highest BCUT2D eigenvalue weighted by atomic mass is 19.1. The van der Waals surface area contributed by atoms with Crippen molar-refractivity contribution >= 4 is 23.9 Å². The predicted molar refractivity (Wildman–Crippen MR) is 81.5 cm³/mol. The molecule has 0 bridgehead atoms. The Balaban J connectivity index is 2.70. The van der Waals surface area contributed by atoms with E-state index in [1.807, 2.05) is 5.32 Å². The van der Waals surface area contributed by atoms with Gasteiger partial charge in [0.15, 0.2) is 0 Å².